The van der Waals surface area contributed by atoms with Crippen LogP contribution in [0.4, 0.5) is 4.79 Å². The van der Waals surface area contributed by atoms with Crippen molar-refractivity contribution in [2.45, 2.75) is 45.6 Å². The van der Waals surface area contributed by atoms with Crippen molar-refractivity contribution in [3.8, 4) is 0 Å². The summed E-state index contributed by atoms with van der Waals surface area (Å²) in [6.45, 7) is 9.62. The van der Waals surface area contributed by atoms with Crippen molar-refractivity contribution < 1.29 is 19.4 Å². The summed E-state index contributed by atoms with van der Waals surface area (Å²) in [5, 5.41) is 11.7. The van der Waals surface area contributed by atoms with Crippen molar-refractivity contribution in [1.29, 1.82) is 0 Å². The molecule has 0 aromatic heterocycles. The molecule has 1 amide bonds. The largest absolute Gasteiger partial charge is 0.478 e. The predicted molar refractivity (Wildman–Crippen MR) is 80.7 cm³/mol. The van der Waals surface area contributed by atoms with Crippen LogP contribution in [0.1, 0.15) is 50.5 Å². The van der Waals surface area contributed by atoms with Gasteiger partial charge in [-0.25, -0.2) is 9.59 Å². The molecule has 0 heterocycles. The molecule has 0 atom stereocenters. The second-order valence-electron chi connectivity index (χ2n) is 6.63. The monoisotopic (exact) mass is 293 g/mol. The maximum Gasteiger partial charge on any atom is 0.407 e. The maximum absolute atomic E-state index is 11.7. The molecular formula is C16H23NO4. The van der Waals surface area contributed by atoms with E-state index in [1.165, 1.54) is 0 Å². The normalized spacial score (nSPS) is 11.9. The van der Waals surface area contributed by atoms with E-state index in [-0.39, 0.29) is 5.56 Å². The van der Waals surface area contributed by atoms with Gasteiger partial charge in [0.15, 0.2) is 0 Å². The second kappa shape index (κ2) is 6.16. The first-order valence-corrected chi connectivity index (χ1v) is 6.82. The van der Waals surface area contributed by atoms with E-state index in [0.29, 0.717) is 6.54 Å². The number of carboxylic acid groups (broad SMARTS) is 1. The number of alkyl carbamates (subject to hydrolysis) is 1. The number of hydrogen-bond donors (Lipinski definition) is 2. The van der Waals surface area contributed by atoms with Crippen LogP contribution in [0.15, 0.2) is 24.3 Å². The van der Waals surface area contributed by atoms with Gasteiger partial charge >= 0.3 is 12.1 Å². The molecule has 0 saturated heterocycles. The third kappa shape index (κ3) is 5.45. The third-order valence-corrected chi connectivity index (χ3v) is 2.96. The number of carbonyl (C=O) groups is 2. The van der Waals surface area contributed by atoms with Gasteiger partial charge in [-0.1, -0.05) is 26.0 Å². The number of benzene rings is 1. The molecule has 0 spiro atoms. The SMILES string of the molecule is CC(C)(C)OC(=O)NCC(C)(C)c1cccc(C(=O)O)c1. The quantitative estimate of drug-likeness (QED) is 0.894. The van der Waals surface area contributed by atoms with Crippen LogP contribution in [-0.4, -0.2) is 29.3 Å². The van der Waals surface area contributed by atoms with E-state index in [4.69, 9.17) is 9.84 Å². The van der Waals surface area contributed by atoms with Crippen molar-refractivity contribution in [3.05, 3.63) is 35.4 Å². The first kappa shape index (κ1) is 17.0. The molecule has 5 nitrogen and oxygen atoms in total. The summed E-state index contributed by atoms with van der Waals surface area (Å²) in [6.07, 6.45) is -0.482. The number of amides is 1. The molecule has 0 fully saturated rings. The van der Waals surface area contributed by atoms with Crippen molar-refractivity contribution in [3.63, 3.8) is 0 Å². The molecule has 0 saturated carbocycles. The van der Waals surface area contributed by atoms with Gasteiger partial charge in [-0.05, 0) is 38.5 Å². The Bertz CT molecular complexity index is 529. The number of rotatable bonds is 4. The van der Waals surface area contributed by atoms with Crippen LogP contribution < -0.4 is 5.32 Å². The van der Waals surface area contributed by atoms with Crippen molar-refractivity contribution in [2.75, 3.05) is 6.54 Å². The minimum Gasteiger partial charge on any atom is -0.478 e. The smallest absolute Gasteiger partial charge is 0.407 e. The van der Waals surface area contributed by atoms with Gasteiger partial charge < -0.3 is 15.2 Å². The first-order valence-electron chi connectivity index (χ1n) is 6.82. The second-order valence-corrected chi connectivity index (χ2v) is 6.63. The topological polar surface area (TPSA) is 75.6 Å². The minimum absolute atomic E-state index is 0.234. The number of carbonyl (C=O) groups excluding carboxylic acids is 1. The fourth-order valence-corrected chi connectivity index (χ4v) is 1.78. The molecule has 0 bridgehead atoms. The van der Waals surface area contributed by atoms with E-state index in [9.17, 15) is 9.59 Å². The molecule has 0 aliphatic heterocycles. The van der Waals surface area contributed by atoms with Crippen LogP contribution in [0.3, 0.4) is 0 Å². The summed E-state index contributed by atoms with van der Waals surface area (Å²) in [4.78, 5) is 22.7. The lowest BCUT2D eigenvalue weighted by molar-refractivity contribution is 0.0516. The Morgan fingerprint density at radius 1 is 1.19 bits per heavy atom. The zero-order chi connectivity index (χ0) is 16.3. The fraction of sp³-hybridized carbons (Fsp3) is 0.500. The summed E-state index contributed by atoms with van der Waals surface area (Å²) >= 11 is 0. The van der Waals surface area contributed by atoms with Gasteiger partial charge in [0.2, 0.25) is 0 Å². The molecule has 21 heavy (non-hydrogen) atoms. The van der Waals surface area contributed by atoms with Crippen LogP contribution in [0.5, 0.6) is 0 Å². The molecule has 2 N–H and O–H groups in total. The van der Waals surface area contributed by atoms with E-state index >= 15 is 0 Å². The van der Waals surface area contributed by atoms with Crippen molar-refractivity contribution >= 4 is 12.1 Å². The number of carboxylic acids is 1. The molecule has 0 aliphatic carbocycles. The van der Waals surface area contributed by atoms with Crippen LogP contribution in [0.2, 0.25) is 0 Å². The van der Waals surface area contributed by atoms with Crippen LogP contribution in [0, 0.1) is 0 Å². The van der Waals surface area contributed by atoms with Crippen LogP contribution in [0.25, 0.3) is 0 Å². The van der Waals surface area contributed by atoms with Gasteiger partial charge in [-0.2, -0.15) is 0 Å². The van der Waals surface area contributed by atoms with Gasteiger partial charge in [0.1, 0.15) is 5.60 Å². The highest BCUT2D eigenvalue weighted by Gasteiger charge is 2.24. The summed E-state index contributed by atoms with van der Waals surface area (Å²) in [5.41, 5.74) is 0.135. The first-order chi connectivity index (χ1) is 9.51. The van der Waals surface area contributed by atoms with E-state index in [1.54, 1.807) is 39.0 Å². The van der Waals surface area contributed by atoms with Gasteiger partial charge in [-0.3, -0.25) is 0 Å². The lowest BCUT2D eigenvalue weighted by Crippen LogP contribution is -2.39. The molecule has 5 heteroatoms. The lowest BCUT2D eigenvalue weighted by atomic mass is 9.84. The third-order valence-electron chi connectivity index (χ3n) is 2.96. The van der Waals surface area contributed by atoms with E-state index in [1.807, 2.05) is 19.9 Å². The Morgan fingerprint density at radius 2 is 1.81 bits per heavy atom. The molecule has 116 valence electrons. The van der Waals surface area contributed by atoms with Gasteiger partial charge in [0.05, 0.1) is 5.56 Å². The van der Waals surface area contributed by atoms with E-state index in [2.05, 4.69) is 5.32 Å². The fourth-order valence-electron chi connectivity index (χ4n) is 1.78. The van der Waals surface area contributed by atoms with Crippen molar-refractivity contribution in [1.82, 2.24) is 5.32 Å². The number of aromatic carboxylic acids is 1. The Balaban J connectivity index is 2.75. The summed E-state index contributed by atoms with van der Waals surface area (Å²) in [6, 6.07) is 6.72. The van der Waals surface area contributed by atoms with Crippen LogP contribution in [-0.2, 0) is 10.2 Å². The number of hydrogen-bond acceptors (Lipinski definition) is 3. The number of nitrogens with one attached hydrogen (secondary N) is 1. The highest BCUT2D eigenvalue weighted by molar-refractivity contribution is 5.87. The standard InChI is InChI=1S/C16H23NO4/c1-15(2,3)21-14(20)17-10-16(4,5)12-8-6-7-11(9-12)13(18)19/h6-9H,10H2,1-5H3,(H,17,20)(H,18,19). The van der Waals surface area contributed by atoms with E-state index in [0.717, 1.165) is 5.56 Å². The van der Waals surface area contributed by atoms with E-state index < -0.39 is 23.1 Å². The average molecular weight is 293 g/mol. The Kier molecular flexibility index (Phi) is 4.99. The minimum atomic E-state index is -0.965. The lowest BCUT2D eigenvalue weighted by Gasteiger charge is -2.27. The zero-order valence-electron chi connectivity index (χ0n) is 13.2. The Labute approximate surface area is 125 Å². The maximum atomic E-state index is 11.7. The molecule has 0 radical (unpaired) electrons. The molecule has 1 aromatic carbocycles. The highest BCUT2D eigenvalue weighted by atomic mass is 16.6. The molecule has 0 aliphatic rings. The predicted octanol–water partition coefficient (Wildman–Crippen LogP) is 3.19. The molecule has 1 rings (SSSR count). The summed E-state index contributed by atoms with van der Waals surface area (Å²) in [7, 11) is 0. The molecule has 0 unspecified atom stereocenters. The Morgan fingerprint density at radius 3 is 2.33 bits per heavy atom. The van der Waals surface area contributed by atoms with Gasteiger partial charge in [0, 0.05) is 12.0 Å². The average Bonchev–Trinajstić information content (AvgIpc) is 2.35. The highest BCUT2D eigenvalue weighted by Crippen LogP contribution is 2.23. The zero-order valence-corrected chi connectivity index (χ0v) is 13.2. The number of ether oxygens (including phenoxy) is 1. The van der Waals surface area contributed by atoms with Crippen LogP contribution >= 0.6 is 0 Å². The van der Waals surface area contributed by atoms with Gasteiger partial charge in [0.25, 0.3) is 0 Å². The van der Waals surface area contributed by atoms with Gasteiger partial charge in [-0.15, -0.1) is 0 Å². The summed E-state index contributed by atoms with van der Waals surface area (Å²) < 4.78 is 5.19. The molecule has 1 aromatic rings. The van der Waals surface area contributed by atoms with Crippen molar-refractivity contribution in [2.24, 2.45) is 0 Å². The summed E-state index contributed by atoms with van der Waals surface area (Å²) in [5.74, 6) is -0.965. The molecular weight excluding hydrogens is 270 g/mol. The Hall–Kier alpha value is -2.04.